The highest BCUT2D eigenvalue weighted by Gasteiger charge is 2.15. The maximum atomic E-state index is 2.38. The predicted octanol–water partition coefficient (Wildman–Crippen LogP) is 9.71. The van der Waals surface area contributed by atoms with Gasteiger partial charge in [-0.05, 0) is 87.9 Å². The fourth-order valence-electron chi connectivity index (χ4n) is 6.11. The average Bonchev–Trinajstić information content (AvgIpc) is 2.91. The molecule has 0 amide bonds. The van der Waals surface area contributed by atoms with Crippen LogP contribution in [-0.2, 0) is 0 Å². The summed E-state index contributed by atoms with van der Waals surface area (Å²) in [5.74, 6) is 0. The Morgan fingerprint density at radius 3 is 1.35 bits per heavy atom. The van der Waals surface area contributed by atoms with Crippen LogP contribution in [0.3, 0.4) is 0 Å². The van der Waals surface area contributed by atoms with E-state index >= 15 is 0 Å². The standard InChI is InChI=1S/C34H20/c1-2-10-29-27(9-1)28-11-3-4-12-30(28)34-26(13-6-14-31(29)34)25-19-23-17-15-21-7-5-8-22-16-18-24(20-25)33(23)32(21)22/h1-20H. The summed E-state index contributed by atoms with van der Waals surface area (Å²) in [4.78, 5) is 0. The van der Waals surface area contributed by atoms with Gasteiger partial charge in [0.05, 0.1) is 0 Å². The van der Waals surface area contributed by atoms with Crippen LogP contribution >= 0.6 is 0 Å². The van der Waals surface area contributed by atoms with Crippen LogP contribution in [0.4, 0.5) is 0 Å². The van der Waals surface area contributed by atoms with Gasteiger partial charge in [0.25, 0.3) is 0 Å². The minimum atomic E-state index is 1.27. The Kier molecular flexibility index (Phi) is 3.48. The molecule has 0 atom stereocenters. The number of hydrogen-bond acceptors (Lipinski definition) is 0. The molecule has 8 rings (SSSR count). The smallest absolute Gasteiger partial charge is 0.00204 e. The van der Waals surface area contributed by atoms with E-state index in [4.69, 9.17) is 0 Å². The second kappa shape index (κ2) is 6.56. The van der Waals surface area contributed by atoms with Gasteiger partial charge in [0.1, 0.15) is 0 Å². The molecule has 0 radical (unpaired) electrons. The van der Waals surface area contributed by atoms with Crippen LogP contribution in [0.5, 0.6) is 0 Å². The van der Waals surface area contributed by atoms with E-state index in [9.17, 15) is 0 Å². The summed E-state index contributed by atoms with van der Waals surface area (Å²) in [5.41, 5.74) is 2.57. The van der Waals surface area contributed by atoms with Crippen LogP contribution in [0.1, 0.15) is 0 Å². The van der Waals surface area contributed by atoms with Crippen LogP contribution in [-0.4, -0.2) is 0 Å². The summed E-state index contributed by atoms with van der Waals surface area (Å²) in [7, 11) is 0. The van der Waals surface area contributed by atoms with Crippen LogP contribution in [0.2, 0.25) is 0 Å². The molecule has 0 bridgehead atoms. The molecule has 8 aromatic carbocycles. The van der Waals surface area contributed by atoms with Crippen molar-refractivity contribution in [3.05, 3.63) is 121 Å². The van der Waals surface area contributed by atoms with E-state index in [2.05, 4.69) is 121 Å². The highest BCUT2D eigenvalue weighted by Crippen LogP contribution is 2.42. The van der Waals surface area contributed by atoms with Crippen molar-refractivity contribution in [2.45, 2.75) is 0 Å². The van der Waals surface area contributed by atoms with Crippen molar-refractivity contribution in [2.75, 3.05) is 0 Å². The molecular weight excluding hydrogens is 408 g/mol. The van der Waals surface area contributed by atoms with Crippen molar-refractivity contribution < 1.29 is 0 Å². The Morgan fingerprint density at radius 2 is 0.735 bits per heavy atom. The predicted molar refractivity (Wildman–Crippen MR) is 148 cm³/mol. The lowest BCUT2D eigenvalue weighted by molar-refractivity contribution is 1.71. The van der Waals surface area contributed by atoms with Gasteiger partial charge >= 0.3 is 0 Å². The van der Waals surface area contributed by atoms with E-state index in [1.807, 2.05) is 0 Å². The zero-order valence-corrected chi connectivity index (χ0v) is 18.5. The molecule has 34 heavy (non-hydrogen) atoms. The lowest BCUT2D eigenvalue weighted by atomic mass is 9.87. The van der Waals surface area contributed by atoms with Gasteiger partial charge in [-0.25, -0.2) is 0 Å². The van der Waals surface area contributed by atoms with Crippen LogP contribution < -0.4 is 0 Å². The molecule has 0 saturated carbocycles. The van der Waals surface area contributed by atoms with Gasteiger partial charge in [-0.1, -0.05) is 109 Å². The third-order valence-electron chi connectivity index (χ3n) is 7.54. The minimum absolute atomic E-state index is 1.27. The maximum Gasteiger partial charge on any atom is -0.00204 e. The van der Waals surface area contributed by atoms with Gasteiger partial charge in [-0.15, -0.1) is 0 Å². The molecule has 8 aromatic rings. The van der Waals surface area contributed by atoms with E-state index in [-0.39, 0.29) is 0 Å². The molecule has 0 saturated heterocycles. The lowest BCUT2D eigenvalue weighted by Crippen LogP contribution is -1.89. The van der Waals surface area contributed by atoms with Gasteiger partial charge in [0.2, 0.25) is 0 Å². The summed E-state index contributed by atoms with van der Waals surface area (Å²) >= 11 is 0. The van der Waals surface area contributed by atoms with Crippen molar-refractivity contribution in [2.24, 2.45) is 0 Å². The first kappa shape index (κ1) is 18.1. The highest BCUT2D eigenvalue weighted by atomic mass is 14.2. The average molecular weight is 429 g/mol. The van der Waals surface area contributed by atoms with Crippen molar-refractivity contribution in [3.63, 3.8) is 0 Å². The van der Waals surface area contributed by atoms with E-state index < -0.39 is 0 Å². The fourth-order valence-corrected chi connectivity index (χ4v) is 6.11. The molecule has 0 heterocycles. The topological polar surface area (TPSA) is 0 Å². The first-order valence-corrected chi connectivity index (χ1v) is 11.9. The second-order valence-electron chi connectivity index (χ2n) is 9.33. The van der Waals surface area contributed by atoms with Gasteiger partial charge in [0.15, 0.2) is 0 Å². The third-order valence-corrected chi connectivity index (χ3v) is 7.54. The van der Waals surface area contributed by atoms with Crippen LogP contribution in [0, 0.1) is 0 Å². The molecule has 0 spiro atoms. The Bertz CT molecular complexity index is 1950. The first-order chi connectivity index (χ1) is 16.9. The minimum Gasteiger partial charge on any atom is -0.0616 e. The first-order valence-electron chi connectivity index (χ1n) is 11.9. The summed E-state index contributed by atoms with van der Waals surface area (Å²) in [6.45, 7) is 0. The van der Waals surface area contributed by atoms with Crippen LogP contribution in [0.25, 0.3) is 75.8 Å². The zero-order chi connectivity index (χ0) is 22.2. The summed E-state index contributed by atoms with van der Waals surface area (Å²) in [5, 5.41) is 15.9. The Balaban J connectivity index is 1.55. The van der Waals surface area contributed by atoms with Crippen molar-refractivity contribution in [3.8, 4) is 11.1 Å². The molecule has 0 nitrogen and oxygen atoms in total. The largest absolute Gasteiger partial charge is 0.0616 e. The molecule has 156 valence electrons. The lowest BCUT2D eigenvalue weighted by Gasteiger charge is -2.16. The van der Waals surface area contributed by atoms with E-state index in [0.29, 0.717) is 0 Å². The fraction of sp³-hybridized carbons (Fsp3) is 0. The molecule has 0 aromatic heterocycles. The molecular formula is C34H20. The maximum absolute atomic E-state index is 2.38. The molecule has 0 fully saturated rings. The number of fused-ring (bicyclic) bond motifs is 6. The van der Waals surface area contributed by atoms with Crippen molar-refractivity contribution in [1.82, 2.24) is 0 Å². The second-order valence-corrected chi connectivity index (χ2v) is 9.33. The number of hydrogen-bond donors (Lipinski definition) is 0. The molecule has 0 aliphatic rings. The molecule has 0 aliphatic heterocycles. The van der Waals surface area contributed by atoms with Crippen molar-refractivity contribution >= 4 is 64.6 Å². The SMILES string of the molecule is c1cc2ccc3cc(-c4cccc5c6ccccc6c6ccccc6c45)cc4ccc(c1)c2c34. The molecule has 0 heteroatoms. The van der Waals surface area contributed by atoms with E-state index in [1.54, 1.807) is 0 Å². The van der Waals surface area contributed by atoms with Gasteiger partial charge in [0, 0.05) is 0 Å². The summed E-state index contributed by atoms with van der Waals surface area (Å²) in [6, 6.07) is 44.9. The number of rotatable bonds is 1. The zero-order valence-electron chi connectivity index (χ0n) is 18.5. The van der Waals surface area contributed by atoms with Crippen LogP contribution in [0.15, 0.2) is 121 Å². The van der Waals surface area contributed by atoms with E-state index in [0.717, 1.165) is 0 Å². The quantitative estimate of drug-likeness (QED) is 0.228. The summed E-state index contributed by atoms with van der Waals surface area (Å²) in [6.07, 6.45) is 0. The number of benzene rings is 8. The highest BCUT2D eigenvalue weighted by molar-refractivity contribution is 6.29. The Morgan fingerprint density at radius 1 is 0.294 bits per heavy atom. The molecule has 0 N–H and O–H groups in total. The van der Waals surface area contributed by atoms with Gasteiger partial charge in [-0.3, -0.25) is 0 Å². The van der Waals surface area contributed by atoms with Gasteiger partial charge in [-0.2, -0.15) is 0 Å². The Labute approximate surface area is 197 Å². The van der Waals surface area contributed by atoms with Crippen molar-refractivity contribution in [1.29, 1.82) is 0 Å². The van der Waals surface area contributed by atoms with Gasteiger partial charge < -0.3 is 0 Å². The van der Waals surface area contributed by atoms with E-state index in [1.165, 1.54) is 75.8 Å². The molecule has 0 unspecified atom stereocenters. The molecule has 0 aliphatic carbocycles. The third kappa shape index (κ3) is 2.32. The normalized spacial score (nSPS) is 12.1. The monoisotopic (exact) mass is 428 g/mol. The Hall–Kier alpha value is -4.42. The summed E-state index contributed by atoms with van der Waals surface area (Å²) < 4.78 is 0.